The number of esters is 1. The van der Waals surface area contributed by atoms with Crippen LogP contribution in [0.15, 0.2) is 30.3 Å². The Morgan fingerprint density at radius 1 is 1.50 bits per heavy atom. The molecule has 1 aromatic rings. The van der Waals surface area contributed by atoms with Crippen molar-refractivity contribution < 1.29 is 19.4 Å². The summed E-state index contributed by atoms with van der Waals surface area (Å²) in [6.07, 6.45) is 1.97. The molecule has 3 heterocycles. The van der Waals surface area contributed by atoms with Gasteiger partial charge in [-0.25, -0.2) is 0 Å². The van der Waals surface area contributed by atoms with Gasteiger partial charge in [-0.1, -0.05) is 46.3 Å². The highest BCUT2D eigenvalue weighted by Crippen LogP contribution is 2.55. The summed E-state index contributed by atoms with van der Waals surface area (Å²) >= 11 is 3.63. The summed E-state index contributed by atoms with van der Waals surface area (Å²) in [5, 5.41) is 10.5. The molecule has 2 bridgehead atoms. The van der Waals surface area contributed by atoms with E-state index >= 15 is 0 Å². The van der Waals surface area contributed by atoms with Gasteiger partial charge in [0.2, 0.25) is 0 Å². The second-order valence-corrected chi connectivity index (χ2v) is 7.64. The molecule has 3 aliphatic heterocycles. The number of morpholine rings is 1. The summed E-state index contributed by atoms with van der Waals surface area (Å²) in [5.41, 5.74) is 0.710. The molecule has 4 rings (SSSR count). The topological polar surface area (TPSA) is 62.3 Å². The molecule has 0 aliphatic carbocycles. The van der Waals surface area contributed by atoms with Gasteiger partial charge in [0.1, 0.15) is 24.2 Å². The largest absolute Gasteiger partial charge is 0.462 e. The Balaban J connectivity index is 1.47. The van der Waals surface area contributed by atoms with Gasteiger partial charge in [-0.2, -0.15) is 0 Å². The zero-order chi connectivity index (χ0) is 16.9. The number of alkyl halides is 1. The second kappa shape index (κ2) is 6.09. The molecule has 0 spiro atoms. The van der Waals surface area contributed by atoms with E-state index in [4.69, 9.17) is 9.47 Å². The predicted molar refractivity (Wildman–Crippen MR) is 92.1 cm³/mol. The van der Waals surface area contributed by atoms with Crippen LogP contribution in [0, 0.1) is 0 Å². The number of rotatable bonds is 5. The maximum atomic E-state index is 12.6. The number of fused-ring (bicyclic) bond motifs is 5. The molecule has 5 nitrogen and oxygen atoms in total. The number of benzene rings is 1. The van der Waals surface area contributed by atoms with Gasteiger partial charge in [0.25, 0.3) is 0 Å². The summed E-state index contributed by atoms with van der Waals surface area (Å²) in [4.78, 5) is 15.0. The highest BCUT2D eigenvalue weighted by atomic mass is 79.9. The minimum atomic E-state index is -0.616. The number of ether oxygens (including phenoxy) is 2. The van der Waals surface area contributed by atoms with Gasteiger partial charge in [-0.3, -0.25) is 9.69 Å². The van der Waals surface area contributed by atoms with E-state index in [0.717, 1.165) is 23.7 Å². The molecule has 0 saturated carbocycles. The summed E-state index contributed by atoms with van der Waals surface area (Å²) in [7, 11) is 2.14. The van der Waals surface area contributed by atoms with E-state index in [1.807, 2.05) is 30.3 Å². The van der Waals surface area contributed by atoms with E-state index in [1.54, 1.807) is 0 Å². The van der Waals surface area contributed by atoms with E-state index in [2.05, 4.69) is 27.9 Å². The Bertz CT molecular complexity index is 627. The van der Waals surface area contributed by atoms with Crippen molar-refractivity contribution in [3.05, 3.63) is 35.9 Å². The number of hydrogen-bond acceptors (Lipinski definition) is 5. The van der Waals surface area contributed by atoms with Crippen LogP contribution in [-0.4, -0.2) is 64.9 Å². The number of nitrogens with zero attached hydrogens (tertiary/aromatic N) is 1. The SMILES string of the molecule is CN1C2CC(OC(=O)C(CO)c3ccccc3)CC1(CBr)C1OC21. The number of carbonyl (C=O) groups is 1. The number of aliphatic hydroxyl groups is 1. The molecule has 24 heavy (non-hydrogen) atoms. The van der Waals surface area contributed by atoms with Crippen LogP contribution in [0.2, 0.25) is 0 Å². The zero-order valence-electron chi connectivity index (χ0n) is 13.6. The van der Waals surface area contributed by atoms with Gasteiger partial charge in [0, 0.05) is 24.2 Å². The average Bonchev–Trinajstić information content (AvgIpc) is 3.36. The van der Waals surface area contributed by atoms with Gasteiger partial charge in [-0.15, -0.1) is 0 Å². The molecule has 6 heteroatoms. The van der Waals surface area contributed by atoms with Crippen molar-refractivity contribution in [3.8, 4) is 0 Å². The summed E-state index contributed by atoms with van der Waals surface area (Å²) < 4.78 is 11.6. The van der Waals surface area contributed by atoms with E-state index in [0.29, 0.717) is 6.04 Å². The van der Waals surface area contributed by atoms with E-state index in [1.165, 1.54) is 0 Å². The normalized spacial score (nSPS) is 38.5. The third-order valence-corrected chi connectivity index (χ3v) is 6.87. The Morgan fingerprint density at radius 3 is 2.92 bits per heavy atom. The van der Waals surface area contributed by atoms with Gasteiger partial charge in [0.05, 0.1) is 12.1 Å². The third-order valence-electron chi connectivity index (χ3n) is 5.90. The number of piperidine rings is 1. The lowest BCUT2D eigenvalue weighted by Gasteiger charge is -2.46. The summed E-state index contributed by atoms with van der Waals surface area (Å²) in [6.45, 7) is -0.239. The van der Waals surface area contributed by atoms with Crippen LogP contribution in [0.25, 0.3) is 0 Å². The molecular formula is C18H22BrNO4. The standard InChI is InChI=1S/C18H22BrNO4/c1-20-14-7-12(8-18(20,10-19)16-15(14)24-16)23-17(22)13(9-21)11-5-3-2-4-6-11/h2-6,12-16,21H,7-10H2,1H3. The minimum absolute atomic E-state index is 0.0833. The molecular weight excluding hydrogens is 374 g/mol. The average molecular weight is 396 g/mol. The number of epoxide rings is 1. The van der Waals surface area contributed by atoms with Gasteiger partial charge in [-0.05, 0) is 12.6 Å². The molecule has 1 aromatic carbocycles. The van der Waals surface area contributed by atoms with Crippen LogP contribution >= 0.6 is 15.9 Å². The Hall–Kier alpha value is -0.950. The molecule has 0 aromatic heterocycles. The summed E-state index contributed by atoms with van der Waals surface area (Å²) in [6, 6.07) is 9.64. The number of aliphatic hydroxyl groups excluding tert-OH is 1. The number of carbonyl (C=O) groups excluding carboxylic acids is 1. The highest BCUT2D eigenvalue weighted by Gasteiger charge is 2.70. The van der Waals surface area contributed by atoms with Gasteiger partial charge < -0.3 is 14.6 Å². The molecule has 1 N–H and O–H groups in total. The Morgan fingerprint density at radius 2 is 2.25 bits per heavy atom. The summed E-state index contributed by atoms with van der Waals surface area (Å²) in [5.74, 6) is -0.953. The quantitative estimate of drug-likeness (QED) is 0.466. The van der Waals surface area contributed by atoms with Crippen molar-refractivity contribution in [1.82, 2.24) is 4.90 Å². The van der Waals surface area contributed by atoms with Crippen molar-refractivity contribution in [2.45, 2.75) is 48.7 Å². The highest BCUT2D eigenvalue weighted by molar-refractivity contribution is 9.09. The maximum absolute atomic E-state index is 12.6. The van der Waals surface area contributed by atoms with Crippen LogP contribution in [0.4, 0.5) is 0 Å². The van der Waals surface area contributed by atoms with E-state index in [-0.39, 0.29) is 36.4 Å². The van der Waals surface area contributed by atoms with E-state index in [9.17, 15) is 9.90 Å². The second-order valence-electron chi connectivity index (χ2n) is 7.08. The van der Waals surface area contributed by atoms with Crippen molar-refractivity contribution >= 4 is 21.9 Å². The zero-order valence-corrected chi connectivity index (χ0v) is 15.2. The first-order valence-corrected chi connectivity index (χ1v) is 9.53. The number of halogens is 1. The van der Waals surface area contributed by atoms with Crippen molar-refractivity contribution in [2.75, 3.05) is 19.0 Å². The van der Waals surface area contributed by atoms with Gasteiger partial charge in [0.15, 0.2) is 0 Å². The third kappa shape index (κ3) is 2.43. The smallest absolute Gasteiger partial charge is 0.316 e. The van der Waals surface area contributed by atoms with E-state index < -0.39 is 5.92 Å². The lowest BCUT2D eigenvalue weighted by molar-refractivity contribution is -0.159. The van der Waals surface area contributed by atoms with Crippen LogP contribution in [0.5, 0.6) is 0 Å². The van der Waals surface area contributed by atoms with Crippen LogP contribution in [0.1, 0.15) is 24.3 Å². The lowest BCUT2D eigenvalue weighted by Crippen LogP contribution is -2.58. The van der Waals surface area contributed by atoms with Crippen LogP contribution < -0.4 is 0 Å². The molecule has 3 aliphatic rings. The van der Waals surface area contributed by atoms with Gasteiger partial charge >= 0.3 is 5.97 Å². The fourth-order valence-corrected chi connectivity index (χ4v) is 5.41. The van der Waals surface area contributed by atoms with Crippen LogP contribution in [0.3, 0.4) is 0 Å². The first kappa shape index (κ1) is 16.5. The van der Waals surface area contributed by atoms with Crippen LogP contribution in [-0.2, 0) is 14.3 Å². The molecule has 0 radical (unpaired) electrons. The molecule has 3 saturated heterocycles. The predicted octanol–water partition coefficient (Wildman–Crippen LogP) is 1.68. The fourth-order valence-electron chi connectivity index (χ4n) is 4.46. The lowest BCUT2D eigenvalue weighted by atomic mass is 9.87. The fraction of sp³-hybridized carbons (Fsp3) is 0.611. The first-order valence-electron chi connectivity index (χ1n) is 8.41. The van der Waals surface area contributed by atoms with Crippen molar-refractivity contribution in [1.29, 1.82) is 0 Å². The van der Waals surface area contributed by atoms with Crippen molar-refractivity contribution in [2.24, 2.45) is 0 Å². The maximum Gasteiger partial charge on any atom is 0.316 e. The number of likely N-dealkylation sites (N-methyl/N-ethyl adjacent to an activating group) is 1. The monoisotopic (exact) mass is 395 g/mol. The Kier molecular flexibility index (Phi) is 4.19. The minimum Gasteiger partial charge on any atom is -0.462 e. The Labute approximate surface area is 150 Å². The molecule has 0 amide bonds. The molecule has 3 fully saturated rings. The first-order chi connectivity index (χ1) is 11.6. The molecule has 6 unspecified atom stereocenters. The van der Waals surface area contributed by atoms with Crippen molar-refractivity contribution in [3.63, 3.8) is 0 Å². The number of hydrogen-bond donors (Lipinski definition) is 1. The molecule has 130 valence electrons. The molecule has 6 atom stereocenters.